The Kier molecular flexibility index (Phi) is 3.94. The highest BCUT2D eigenvalue weighted by molar-refractivity contribution is 6.28. The zero-order chi connectivity index (χ0) is 13.0. The molecule has 1 heterocycles. The molecule has 0 aliphatic carbocycles. The zero-order valence-electron chi connectivity index (χ0n) is 9.56. The first kappa shape index (κ1) is 12.6. The molecule has 94 valence electrons. The van der Waals surface area contributed by atoms with Crippen molar-refractivity contribution in [2.24, 2.45) is 0 Å². The van der Waals surface area contributed by atoms with Gasteiger partial charge in [0.1, 0.15) is 5.82 Å². The number of para-hydroxylation sites is 1. The summed E-state index contributed by atoms with van der Waals surface area (Å²) in [5, 5.41) is 12.7. The van der Waals surface area contributed by atoms with E-state index in [2.05, 4.69) is 15.3 Å². The van der Waals surface area contributed by atoms with Crippen molar-refractivity contribution in [1.82, 2.24) is 9.97 Å². The van der Waals surface area contributed by atoms with Crippen LogP contribution in [0.3, 0.4) is 0 Å². The van der Waals surface area contributed by atoms with Gasteiger partial charge in [0.25, 0.3) is 0 Å². The maximum absolute atomic E-state index is 10.4. The van der Waals surface area contributed by atoms with Crippen LogP contribution < -0.4 is 5.32 Å². The Labute approximate surface area is 109 Å². The highest BCUT2D eigenvalue weighted by Gasteiger charge is 2.05. The van der Waals surface area contributed by atoms with E-state index in [1.165, 1.54) is 0 Å². The lowest BCUT2D eigenvalue weighted by Crippen LogP contribution is -2.07. The number of halogens is 1. The summed E-state index contributed by atoms with van der Waals surface area (Å²) in [6.45, 7) is 0.531. The van der Waals surface area contributed by atoms with Crippen molar-refractivity contribution in [1.29, 1.82) is 0 Å². The Morgan fingerprint density at radius 1 is 1.33 bits per heavy atom. The topological polar surface area (TPSA) is 75.1 Å². The summed E-state index contributed by atoms with van der Waals surface area (Å²) in [4.78, 5) is 18.6. The number of anilines is 1. The lowest BCUT2D eigenvalue weighted by molar-refractivity contribution is -0.137. The van der Waals surface area contributed by atoms with E-state index in [9.17, 15) is 4.79 Å². The van der Waals surface area contributed by atoms with Crippen LogP contribution in [0.2, 0.25) is 5.28 Å². The maximum atomic E-state index is 10.4. The molecular formula is C12H12ClN3O2. The van der Waals surface area contributed by atoms with Gasteiger partial charge in [-0.05, 0) is 30.2 Å². The number of rotatable bonds is 5. The van der Waals surface area contributed by atoms with Gasteiger partial charge in [-0.1, -0.05) is 12.1 Å². The van der Waals surface area contributed by atoms with Crippen molar-refractivity contribution in [3.63, 3.8) is 0 Å². The normalized spacial score (nSPS) is 10.5. The second-order valence-corrected chi connectivity index (χ2v) is 4.12. The third-order valence-corrected chi connectivity index (χ3v) is 2.60. The molecule has 2 N–H and O–H groups in total. The molecule has 6 heteroatoms. The van der Waals surface area contributed by atoms with Gasteiger partial charge in [-0.2, -0.15) is 0 Å². The van der Waals surface area contributed by atoms with E-state index in [4.69, 9.17) is 16.7 Å². The van der Waals surface area contributed by atoms with Gasteiger partial charge in [-0.15, -0.1) is 0 Å². The fourth-order valence-electron chi connectivity index (χ4n) is 1.63. The van der Waals surface area contributed by atoms with Crippen LogP contribution >= 0.6 is 11.6 Å². The average Bonchev–Trinajstić information content (AvgIpc) is 2.34. The SMILES string of the molecule is O=C(O)CCCNc1nc(Cl)nc2ccccc12. The van der Waals surface area contributed by atoms with Gasteiger partial charge in [0.2, 0.25) is 5.28 Å². The van der Waals surface area contributed by atoms with Crippen LogP contribution in [0, 0.1) is 0 Å². The molecule has 18 heavy (non-hydrogen) atoms. The lowest BCUT2D eigenvalue weighted by Gasteiger charge is -2.08. The number of fused-ring (bicyclic) bond motifs is 1. The van der Waals surface area contributed by atoms with E-state index in [1.807, 2.05) is 24.3 Å². The van der Waals surface area contributed by atoms with Gasteiger partial charge >= 0.3 is 5.97 Å². The second kappa shape index (κ2) is 5.64. The third-order valence-electron chi connectivity index (χ3n) is 2.44. The molecule has 0 bridgehead atoms. The smallest absolute Gasteiger partial charge is 0.303 e. The molecule has 2 rings (SSSR count). The number of aliphatic carboxylic acids is 1. The number of hydrogen-bond acceptors (Lipinski definition) is 4. The van der Waals surface area contributed by atoms with E-state index < -0.39 is 5.97 Å². The molecule has 0 aliphatic rings. The van der Waals surface area contributed by atoms with Crippen molar-refractivity contribution in [2.45, 2.75) is 12.8 Å². The Bertz CT molecular complexity index is 574. The molecule has 0 unspecified atom stereocenters. The van der Waals surface area contributed by atoms with Crippen LogP contribution in [-0.4, -0.2) is 27.6 Å². The Hall–Kier alpha value is -1.88. The van der Waals surface area contributed by atoms with Crippen LogP contribution in [0.4, 0.5) is 5.82 Å². The first-order valence-corrected chi connectivity index (χ1v) is 5.92. The molecule has 0 spiro atoms. The number of carbonyl (C=O) groups is 1. The number of benzene rings is 1. The summed E-state index contributed by atoms with van der Waals surface area (Å²) >= 11 is 5.83. The van der Waals surface area contributed by atoms with Crippen molar-refractivity contribution in [2.75, 3.05) is 11.9 Å². The maximum Gasteiger partial charge on any atom is 0.303 e. The van der Waals surface area contributed by atoms with Gasteiger partial charge in [0.05, 0.1) is 5.52 Å². The van der Waals surface area contributed by atoms with Crippen molar-refractivity contribution in [3.05, 3.63) is 29.5 Å². The molecule has 0 saturated carbocycles. The molecular weight excluding hydrogens is 254 g/mol. The van der Waals surface area contributed by atoms with Crippen molar-refractivity contribution >= 4 is 34.3 Å². The summed E-state index contributed by atoms with van der Waals surface area (Å²) in [6.07, 6.45) is 0.662. The van der Waals surface area contributed by atoms with E-state index in [1.54, 1.807) is 0 Å². The van der Waals surface area contributed by atoms with Crippen LogP contribution in [0.1, 0.15) is 12.8 Å². The predicted molar refractivity (Wildman–Crippen MR) is 69.9 cm³/mol. The summed E-state index contributed by atoms with van der Waals surface area (Å²) in [6, 6.07) is 7.51. The summed E-state index contributed by atoms with van der Waals surface area (Å²) in [7, 11) is 0. The van der Waals surface area contributed by atoms with Gasteiger partial charge in [-0.3, -0.25) is 4.79 Å². The third kappa shape index (κ3) is 3.07. The van der Waals surface area contributed by atoms with E-state index in [0.717, 1.165) is 10.9 Å². The number of hydrogen-bond donors (Lipinski definition) is 2. The molecule has 0 atom stereocenters. The van der Waals surface area contributed by atoms with Gasteiger partial charge in [0, 0.05) is 18.4 Å². The van der Waals surface area contributed by atoms with Crippen LogP contribution in [0.15, 0.2) is 24.3 Å². The quantitative estimate of drug-likeness (QED) is 0.642. The standard InChI is InChI=1S/C12H12ClN3O2/c13-12-15-9-5-2-1-4-8(9)11(16-12)14-7-3-6-10(17)18/h1-2,4-5H,3,6-7H2,(H,17,18)(H,14,15,16). The molecule has 5 nitrogen and oxygen atoms in total. The first-order chi connectivity index (χ1) is 8.66. The van der Waals surface area contributed by atoms with E-state index in [-0.39, 0.29) is 11.7 Å². The fraction of sp³-hybridized carbons (Fsp3) is 0.250. The highest BCUT2D eigenvalue weighted by Crippen LogP contribution is 2.21. The summed E-state index contributed by atoms with van der Waals surface area (Å²) in [5.41, 5.74) is 0.762. The fourth-order valence-corrected chi connectivity index (χ4v) is 1.80. The number of aromatic nitrogens is 2. The summed E-state index contributed by atoms with van der Waals surface area (Å²) in [5.74, 6) is -0.168. The minimum absolute atomic E-state index is 0.129. The van der Waals surface area contributed by atoms with E-state index >= 15 is 0 Å². The monoisotopic (exact) mass is 265 g/mol. The largest absolute Gasteiger partial charge is 0.481 e. The molecule has 0 radical (unpaired) electrons. The van der Waals surface area contributed by atoms with Gasteiger partial charge < -0.3 is 10.4 Å². The predicted octanol–water partition coefficient (Wildman–Crippen LogP) is 2.56. The van der Waals surface area contributed by atoms with E-state index in [0.29, 0.717) is 18.8 Å². The van der Waals surface area contributed by atoms with Crippen LogP contribution in [0.5, 0.6) is 0 Å². The summed E-state index contributed by atoms with van der Waals surface area (Å²) < 4.78 is 0. The Balaban J connectivity index is 2.14. The molecule has 0 saturated heterocycles. The zero-order valence-corrected chi connectivity index (χ0v) is 10.3. The number of nitrogens with zero attached hydrogens (tertiary/aromatic N) is 2. The molecule has 0 fully saturated rings. The minimum atomic E-state index is -0.803. The molecule has 2 aromatic rings. The molecule has 0 amide bonds. The van der Waals surface area contributed by atoms with Gasteiger partial charge in [0.15, 0.2) is 0 Å². The molecule has 1 aromatic heterocycles. The van der Waals surface area contributed by atoms with Gasteiger partial charge in [-0.25, -0.2) is 9.97 Å². The lowest BCUT2D eigenvalue weighted by atomic mass is 10.2. The molecule has 0 aliphatic heterocycles. The highest BCUT2D eigenvalue weighted by atomic mass is 35.5. The first-order valence-electron chi connectivity index (χ1n) is 5.55. The number of nitrogens with one attached hydrogen (secondary N) is 1. The molecule has 1 aromatic carbocycles. The second-order valence-electron chi connectivity index (χ2n) is 3.78. The van der Waals surface area contributed by atoms with Crippen molar-refractivity contribution < 1.29 is 9.90 Å². The number of carboxylic acid groups (broad SMARTS) is 1. The van der Waals surface area contributed by atoms with Crippen molar-refractivity contribution in [3.8, 4) is 0 Å². The minimum Gasteiger partial charge on any atom is -0.481 e. The van der Waals surface area contributed by atoms with Crippen LogP contribution in [-0.2, 0) is 4.79 Å². The Morgan fingerprint density at radius 3 is 2.89 bits per heavy atom. The average molecular weight is 266 g/mol. The Morgan fingerprint density at radius 2 is 2.11 bits per heavy atom. The number of carboxylic acids is 1. The van der Waals surface area contributed by atoms with Crippen LogP contribution in [0.25, 0.3) is 10.9 Å².